The summed E-state index contributed by atoms with van der Waals surface area (Å²) in [5, 5.41) is 10.3. The summed E-state index contributed by atoms with van der Waals surface area (Å²) >= 11 is 0. The molecule has 9 heteroatoms. The molecule has 2 saturated heterocycles. The summed E-state index contributed by atoms with van der Waals surface area (Å²) in [5.74, 6) is -2.58. The lowest BCUT2D eigenvalue weighted by atomic mass is 9.74. The number of carbonyl (C=O) groups is 3. The number of rotatable bonds is 8. The molecule has 0 aliphatic carbocycles. The zero-order valence-electron chi connectivity index (χ0n) is 25.9. The van der Waals surface area contributed by atoms with Gasteiger partial charge >= 0.3 is 0 Å². The van der Waals surface area contributed by atoms with Crippen molar-refractivity contribution in [2.45, 2.75) is 57.5 Å². The molecular formula is C35H42N4O5. The van der Waals surface area contributed by atoms with E-state index in [9.17, 15) is 19.5 Å². The molecule has 2 fully saturated rings. The highest BCUT2D eigenvalue weighted by Crippen LogP contribution is 2.58. The van der Waals surface area contributed by atoms with Gasteiger partial charge in [-0.3, -0.25) is 14.4 Å². The van der Waals surface area contributed by atoms with Crippen molar-refractivity contribution in [1.82, 2.24) is 9.80 Å². The molecule has 6 rings (SSSR count). The normalized spacial score (nSPS) is 30.2. The van der Waals surface area contributed by atoms with Gasteiger partial charge in [-0.15, -0.1) is 0 Å². The van der Waals surface area contributed by atoms with Crippen LogP contribution in [0.4, 0.5) is 11.4 Å². The number of hydrogen-bond acceptors (Lipinski definition) is 6. The highest BCUT2D eigenvalue weighted by atomic mass is 16.5. The molecule has 2 aromatic rings. The van der Waals surface area contributed by atoms with Crippen LogP contribution >= 0.6 is 0 Å². The van der Waals surface area contributed by atoms with Crippen LogP contribution in [0.25, 0.3) is 0 Å². The lowest BCUT2D eigenvalue weighted by molar-refractivity contribution is -0.151. The van der Waals surface area contributed by atoms with Crippen LogP contribution in [0, 0.1) is 11.8 Å². The van der Waals surface area contributed by atoms with Crippen LogP contribution in [0.5, 0.6) is 0 Å². The van der Waals surface area contributed by atoms with E-state index in [0.29, 0.717) is 25.3 Å². The van der Waals surface area contributed by atoms with Crippen molar-refractivity contribution in [2.75, 3.05) is 42.6 Å². The number of fused-ring (bicyclic) bond motifs is 2. The Labute approximate surface area is 259 Å². The number of carbonyl (C=O) groups excluding carboxylic acids is 3. The smallest absolute Gasteiger partial charge is 0.253 e. The fourth-order valence-electron chi connectivity index (χ4n) is 7.68. The third-order valence-electron chi connectivity index (χ3n) is 9.82. The Hall–Kier alpha value is -3.95. The van der Waals surface area contributed by atoms with Crippen molar-refractivity contribution in [1.29, 1.82) is 0 Å². The van der Waals surface area contributed by atoms with Gasteiger partial charge in [-0.05, 0) is 57.5 Å². The van der Waals surface area contributed by atoms with Crippen LogP contribution in [-0.4, -0.2) is 88.7 Å². The standard InChI is InChI=1S/C35H42N4O5/c1-5-36(6-2)26-14-16-27(17-15-26)38-21-11-19-35-29(32(42)39(24(3)23-40)30(35)33(38)43)28-31(41)37(20-10-18-34(28,4)44-35)22-25-12-8-7-9-13-25/h7-19,24,28-30,40H,5-6,20-23H2,1-4H3/t24-,28+,29+,30?,34-,35+/m1/s1. The Bertz CT molecular complexity index is 1470. The summed E-state index contributed by atoms with van der Waals surface area (Å²) in [7, 11) is 0. The van der Waals surface area contributed by atoms with Gasteiger partial charge in [0.05, 0.1) is 30.1 Å². The molecule has 4 aliphatic rings. The summed E-state index contributed by atoms with van der Waals surface area (Å²) in [5.41, 5.74) is 0.300. The van der Waals surface area contributed by atoms with Gasteiger partial charge < -0.3 is 29.4 Å². The number of anilines is 2. The third-order valence-corrected chi connectivity index (χ3v) is 9.82. The second kappa shape index (κ2) is 11.5. The van der Waals surface area contributed by atoms with E-state index >= 15 is 0 Å². The molecule has 1 spiro atoms. The molecule has 4 aliphatic heterocycles. The van der Waals surface area contributed by atoms with Crippen molar-refractivity contribution >= 4 is 29.1 Å². The SMILES string of the molecule is CCN(CC)c1ccc(N2CC=C[C@]34O[C@]5(C)C=CCN(Cc6ccccc6)C(=O)[C@@H]5[C@H]3C(=O)N([C@H](C)CO)C4C2=O)cc1. The van der Waals surface area contributed by atoms with E-state index in [2.05, 4.69) is 18.7 Å². The molecule has 44 heavy (non-hydrogen) atoms. The Morgan fingerprint density at radius 1 is 0.909 bits per heavy atom. The molecule has 1 unspecified atom stereocenters. The first-order valence-electron chi connectivity index (χ1n) is 15.7. The zero-order valence-corrected chi connectivity index (χ0v) is 25.9. The molecule has 232 valence electrons. The molecule has 0 radical (unpaired) electrons. The number of ether oxygens (including phenoxy) is 1. The predicted molar refractivity (Wildman–Crippen MR) is 169 cm³/mol. The third kappa shape index (κ3) is 4.64. The minimum absolute atomic E-state index is 0.178. The number of aliphatic hydroxyl groups excluding tert-OH is 1. The molecular weight excluding hydrogens is 556 g/mol. The largest absolute Gasteiger partial charge is 0.394 e. The maximum atomic E-state index is 14.6. The molecule has 0 aromatic heterocycles. The molecule has 0 saturated carbocycles. The summed E-state index contributed by atoms with van der Waals surface area (Å²) in [4.78, 5) is 50.7. The number of aliphatic hydroxyl groups is 1. The fraction of sp³-hybridized carbons (Fsp3) is 0.457. The van der Waals surface area contributed by atoms with Gasteiger partial charge in [-0.1, -0.05) is 54.6 Å². The van der Waals surface area contributed by atoms with Crippen LogP contribution in [-0.2, 0) is 25.7 Å². The first kappa shape index (κ1) is 30.1. The lowest BCUT2D eigenvalue weighted by Crippen LogP contribution is -2.58. The first-order valence-corrected chi connectivity index (χ1v) is 15.7. The molecule has 2 aromatic carbocycles. The fourth-order valence-corrected chi connectivity index (χ4v) is 7.68. The quantitative estimate of drug-likeness (QED) is 0.469. The van der Waals surface area contributed by atoms with Crippen LogP contribution < -0.4 is 9.80 Å². The van der Waals surface area contributed by atoms with Crippen LogP contribution in [0.3, 0.4) is 0 Å². The van der Waals surface area contributed by atoms with Crippen molar-refractivity contribution in [3.05, 3.63) is 84.5 Å². The maximum Gasteiger partial charge on any atom is 0.253 e. The van der Waals surface area contributed by atoms with E-state index in [1.807, 2.05) is 85.8 Å². The number of benzene rings is 2. The zero-order chi connectivity index (χ0) is 31.2. The Kier molecular flexibility index (Phi) is 7.88. The van der Waals surface area contributed by atoms with E-state index < -0.39 is 35.1 Å². The minimum atomic E-state index is -1.37. The van der Waals surface area contributed by atoms with Gasteiger partial charge in [0.25, 0.3) is 5.91 Å². The average molecular weight is 599 g/mol. The van der Waals surface area contributed by atoms with Crippen LogP contribution in [0.2, 0.25) is 0 Å². The van der Waals surface area contributed by atoms with Crippen molar-refractivity contribution in [3.63, 3.8) is 0 Å². The second-order valence-corrected chi connectivity index (χ2v) is 12.4. The Morgan fingerprint density at radius 3 is 2.25 bits per heavy atom. The van der Waals surface area contributed by atoms with Crippen LogP contribution in [0.15, 0.2) is 78.9 Å². The highest BCUT2D eigenvalue weighted by molar-refractivity contribution is 6.06. The minimum Gasteiger partial charge on any atom is -0.394 e. The van der Waals surface area contributed by atoms with Crippen molar-refractivity contribution < 1.29 is 24.2 Å². The summed E-state index contributed by atoms with van der Waals surface area (Å²) in [6.07, 6.45) is 7.55. The number of nitrogens with zero attached hydrogens (tertiary/aromatic N) is 4. The number of amides is 3. The van der Waals surface area contributed by atoms with E-state index in [1.54, 1.807) is 16.7 Å². The van der Waals surface area contributed by atoms with Crippen LogP contribution in [0.1, 0.15) is 33.3 Å². The molecule has 1 N–H and O–H groups in total. The Balaban J connectivity index is 1.40. The highest BCUT2D eigenvalue weighted by Gasteiger charge is 2.75. The van der Waals surface area contributed by atoms with E-state index in [1.165, 1.54) is 4.90 Å². The second-order valence-electron chi connectivity index (χ2n) is 12.4. The molecule has 9 nitrogen and oxygen atoms in total. The topological polar surface area (TPSA) is 93.6 Å². The van der Waals surface area contributed by atoms with Gasteiger partial charge in [-0.2, -0.15) is 0 Å². The molecule has 0 bridgehead atoms. The summed E-state index contributed by atoms with van der Waals surface area (Å²) in [6, 6.07) is 15.9. The van der Waals surface area contributed by atoms with Gasteiger partial charge in [0.1, 0.15) is 11.6 Å². The number of hydrogen-bond donors (Lipinski definition) is 1. The van der Waals surface area contributed by atoms with Crippen molar-refractivity contribution in [3.8, 4) is 0 Å². The summed E-state index contributed by atoms with van der Waals surface area (Å²) < 4.78 is 6.91. The van der Waals surface area contributed by atoms with Gasteiger partial charge in [0.2, 0.25) is 11.8 Å². The first-order chi connectivity index (χ1) is 21.2. The molecule has 3 amide bonds. The van der Waals surface area contributed by atoms with Gasteiger partial charge in [-0.25, -0.2) is 0 Å². The summed E-state index contributed by atoms with van der Waals surface area (Å²) in [6.45, 7) is 10.3. The Morgan fingerprint density at radius 2 is 1.59 bits per heavy atom. The number of likely N-dealkylation sites (tertiary alicyclic amines) is 1. The average Bonchev–Trinajstić information content (AvgIpc) is 3.31. The van der Waals surface area contributed by atoms with E-state index in [-0.39, 0.29) is 24.3 Å². The molecule has 6 atom stereocenters. The predicted octanol–water partition coefficient (Wildman–Crippen LogP) is 3.39. The van der Waals surface area contributed by atoms with Gasteiger partial charge in [0.15, 0.2) is 0 Å². The van der Waals surface area contributed by atoms with Crippen molar-refractivity contribution in [2.24, 2.45) is 11.8 Å². The lowest BCUT2D eigenvalue weighted by Gasteiger charge is -2.39. The van der Waals surface area contributed by atoms with E-state index in [4.69, 9.17) is 4.74 Å². The monoisotopic (exact) mass is 598 g/mol. The van der Waals surface area contributed by atoms with Gasteiger partial charge in [0, 0.05) is 44.1 Å². The van der Waals surface area contributed by atoms with E-state index in [0.717, 1.165) is 24.3 Å². The maximum absolute atomic E-state index is 14.6. The molecule has 4 heterocycles.